The van der Waals surface area contributed by atoms with Crippen LogP contribution in [0.1, 0.15) is 39.0 Å². The number of unbranched alkanes of at least 4 members (excludes halogenated alkanes) is 3. The van der Waals surface area contributed by atoms with Crippen LogP contribution in [0.15, 0.2) is 24.3 Å². The van der Waals surface area contributed by atoms with E-state index in [9.17, 15) is 4.79 Å². The van der Waals surface area contributed by atoms with Crippen LogP contribution in [0.3, 0.4) is 0 Å². The van der Waals surface area contributed by atoms with Gasteiger partial charge < -0.3 is 20.1 Å². The Hall–Kier alpha value is -1.46. The fraction of sp³-hybridized carbons (Fsp3) is 0.611. The molecule has 0 saturated heterocycles. The van der Waals surface area contributed by atoms with Gasteiger partial charge >= 0.3 is 0 Å². The van der Waals surface area contributed by atoms with Crippen molar-refractivity contribution in [1.29, 1.82) is 0 Å². The van der Waals surface area contributed by atoms with Crippen molar-refractivity contribution in [2.24, 2.45) is 5.73 Å². The summed E-state index contributed by atoms with van der Waals surface area (Å²) in [6.07, 6.45) is 4.63. The van der Waals surface area contributed by atoms with Crippen LogP contribution in [0.5, 0.6) is 11.5 Å². The van der Waals surface area contributed by atoms with E-state index in [1.165, 1.54) is 0 Å². The van der Waals surface area contributed by atoms with Crippen LogP contribution in [0.2, 0.25) is 0 Å². The van der Waals surface area contributed by atoms with Crippen LogP contribution in [-0.2, 0) is 4.79 Å². The van der Waals surface area contributed by atoms with Gasteiger partial charge in [-0.1, -0.05) is 25.0 Å². The summed E-state index contributed by atoms with van der Waals surface area (Å²) >= 11 is 0. The predicted octanol–water partition coefficient (Wildman–Crippen LogP) is 3.01. The Bertz CT molecular complexity index is 499. The lowest BCUT2D eigenvalue weighted by molar-refractivity contribution is -0.132. The van der Waals surface area contributed by atoms with E-state index in [0.717, 1.165) is 43.7 Å². The van der Waals surface area contributed by atoms with E-state index in [2.05, 4.69) is 0 Å². The summed E-state index contributed by atoms with van der Waals surface area (Å²) < 4.78 is 11.7. The number of likely N-dealkylation sites (N-methyl/N-ethyl adjacent to an activating group) is 1. The van der Waals surface area contributed by atoms with Gasteiger partial charge in [-0.05, 0) is 38.4 Å². The molecule has 0 radical (unpaired) electrons. The molecular formula is C18H29ClN2O3. The second-order valence-electron chi connectivity index (χ2n) is 5.88. The number of hydrogen-bond donors (Lipinski definition) is 1. The van der Waals surface area contributed by atoms with Gasteiger partial charge in [0.05, 0.1) is 6.54 Å². The summed E-state index contributed by atoms with van der Waals surface area (Å²) in [5.74, 6) is 1.73. The second-order valence-corrected chi connectivity index (χ2v) is 5.88. The maximum absolute atomic E-state index is 12.3. The number of carbonyl (C=O) groups excluding carboxylic acids is 1. The molecule has 2 N–H and O–H groups in total. The Morgan fingerprint density at radius 2 is 1.92 bits per heavy atom. The number of carbonyl (C=O) groups is 1. The zero-order chi connectivity index (χ0) is 16.5. The van der Waals surface area contributed by atoms with Crippen molar-refractivity contribution in [3.63, 3.8) is 0 Å². The van der Waals surface area contributed by atoms with E-state index in [1.807, 2.05) is 36.1 Å². The van der Waals surface area contributed by atoms with Crippen LogP contribution < -0.4 is 15.2 Å². The average Bonchev–Trinajstić information content (AvgIpc) is 2.59. The van der Waals surface area contributed by atoms with Gasteiger partial charge in [0.2, 0.25) is 5.91 Å². The van der Waals surface area contributed by atoms with Gasteiger partial charge in [-0.15, -0.1) is 12.4 Å². The molecular weight excluding hydrogens is 328 g/mol. The van der Waals surface area contributed by atoms with Gasteiger partial charge in [0.15, 0.2) is 17.6 Å². The van der Waals surface area contributed by atoms with Crippen LogP contribution in [-0.4, -0.2) is 43.2 Å². The summed E-state index contributed by atoms with van der Waals surface area (Å²) in [5.41, 5.74) is 5.48. The Kier molecular flexibility index (Phi) is 9.57. The van der Waals surface area contributed by atoms with Crippen molar-refractivity contribution in [2.45, 2.75) is 45.1 Å². The minimum atomic E-state index is -0.106. The summed E-state index contributed by atoms with van der Waals surface area (Å²) in [7, 11) is 0. The lowest BCUT2D eigenvalue weighted by Crippen LogP contribution is -2.43. The SMILES string of the molecule is CCN(CC1COc2ccccc2O1)C(=O)CCCCCCN.Cl. The molecule has 1 amide bonds. The molecule has 1 aromatic rings. The first-order chi connectivity index (χ1) is 11.2. The highest BCUT2D eigenvalue weighted by molar-refractivity contribution is 5.85. The molecule has 1 aliphatic heterocycles. The summed E-state index contributed by atoms with van der Waals surface area (Å²) in [4.78, 5) is 14.2. The van der Waals surface area contributed by atoms with Gasteiger partial charge in [0.1, 0.15) is 6.61 Å². The minimum absolute atomic E-state index is 0. The highest BCUT2D eigenvalue weighted by Gasteiger charge is 2.24. The molecule has 24 heavy (non-hydrogen) atoms. The molecule has 0 saturated carbocycles. The molecule has 0 aliphatic carbocycles. The van der Waals surface area contributed by atoms with Crippen LogP contribution in [0, 0.1) is 0 Å². The molecule has 2 rings (SSSR count). The smallest absolute Gasteiger partial charge is 0.222 e. The largest absolute Gasteiger partial charge is 0.486 e. The van der Waals surface area contributed by atoms with Crippen LogP contribution in [0.4, 0.5) is 0 Å². The van der Waals surface area contributed by atoms with Gasteiger partial charge in [-0.25, -0.2) is 0 Å². The fourth-order valence-electron chi connectivity index (χ4n) is 2.74. The summed E-state index contributed by atoms with van der Waals surface area (Å²) in [6.45, 7) is 4.49. The number of rotatable bonds is 9. The first-order valence-corrected chi connectivity index (χ1v) is 8.61. The number of amides is 1. The van der Waals surface area contributed by atoms with E-state index in [0.29, 0.717) is 26.1 Å². The highest BCUT2D eigenvalue weighted by Crippen LogP contribution is 2.31. The first-order valence-electron chi connectivity index (χ1n) is 8.61. The molecule has 0 aromatic heterocycles. The molecule has 1 aromatic carbocycles. The highest BCUT2D eigenvalue weighted by atomic mass is 35.5. The number of fused-ring (bicyclic) bond motifs is 1. The monoisotopic (exact) mass is 356 g/mol. The Morgan fingerprint density at radius 3 is 2.62 bits per heavy atom. The van der Waals surface area contributed by atoms with Gasteiger partial charge in [-0.3, -0.25) is 4.79 Å². The third-order valence-corrected chi connectivity index (χ3v) is 4.07. The van der Waals surface area contributed by atoms with Gasteiger partial charge in [-0.2, -0.15) is 0 Å². The number of benzene rings is 1. The van der Waals surface area contributed by atoms with Crippen molar-refractivity contribution in [2.75, 3.05) is 26.2 Å². The van der Waals surface area contributed by atoms with Gasteiger partial charge in [0, 0.05) is 13.0 Å². The number of ether oxygens (including phenoxy) is 2. The molecule has 0 fully saturated rings. The zero-order valence-corrected chi connectivity index (χ0v) is 15.2. The summed E-state index contributed by atoms with van der Waals surface area (Å²) in [5, 5.41) is 0. The molecule has 1 heterocycles. The van der Waals surface area contributed by atoms with Crippen molar-refractivity contribution in [3.8, 4) is 11.5 Å². The molecule has 5 nitrogen and oxygen atoms in total. The van der Waals surface area contributed by atoms with Crippen LogP contribution in [0.25, 0.3) is 0 Å². The Balaban J connectivity index is 0.00000288. The molecule has 1 atom stereocenters. The number of nitrogens with zero attached hydrogens (tertiary/aromatic N) is 1. The number of para-hydroxylation sites is 2. The number of hydrogen-bond acceptors (Lipinski definition) is 4. The second kappa shape index (κ2) is 11.2. The number of halogens is 1. The van der Waals surface area contributed by atoms with Gasteiger partial charge in [0.25, 0.3) is 0 Å². The van der Waals surface area contributed by atoms with Crippen LogP contribution >= 0.6 is 12.4 Å². The molecule has 1 aliphatic rings. The van der Waals surface area contributed by atoms with E-state index >= 15 is 0 Å². The summed E-state index contributed by atoms with van der Waals surface area (Å²) in [6, 6.07) is 7.65. The third kappa shape index (κ3) is 6.21. The van der Waals surface area contributed by atoms with Crippen molar-refractivity contribution >= 4 is 18.3 Å². The predicted molar refractivity (Wildman–Crippen MR) is 98.0 cm³/mol. The third-order valence-electron chi connectivity index (χ3n) is 4.07. The molecule has 136 valence electrons. The average molecular weight is 357 g/mol. The van der Waals surface area contributed by atoms with E-state index < -0.39 is 0 Å². The molecule has 0 bridgehead atoms. The molecule has 0 spiro atoms. The maximum Gasteiger partial charge on any atom is 0.222 e. The first kappa shape index (κ1) is 20.6. The molecule has 6 heteroatoms. The minimum Gasteiger partial charge on any atom is -0.486 e. The lowest BCUT2D eigenvalue weighted by atomic mass is 10.1. The topological polar surface area (TPSA) is 64.8 Å². The van der Waals surface area contributed by atoms with Crippen molar-refractivity contribution in [1.82, 2.24) is 4.90 Å². The lowest BCUT2D eigenvalue weighted by Gasteiger charge is -2.31. The Morgan fingerprint density at radius 1 is 1.21 bits per heavy atom. The quantitative estimate of drug-likeness (QED) is 0.691. The maximum atomic E-state index is 12.3. The Labute approximate surface area is 150 Å². The van der Waals surface area contributed by atoms with E-state index in [1.54, 1.807) is 0 Å². The zero-order valence-electron chi connectivity index (χ0n) is 14.4. The van der Waals surface area contributed by atoms with Crippen molar-refractivity contribution in [3.05, 3.63) is 24.3 Å². The molecule has 1 unspecified atom stereocenters. The standard InChI is InChI=1S/C18H28N2O3.ClH/c1-2-20(18(21)11-5-3-4-8-12-19)13-15-14-22-16-9-6-7-10-17(16)23-15;/h6-7,9-10,15H,2-5,8,11-14,19H2,1H3;1H. The number of nitrogens with two attached hydrogens (primary N) is 1. The normalized spacial score (nSPS) is 15.5. The van der Waals surface area contributed by atoms with Crippen molar-refractivity contribution < 1.29 is 14.3 Å². The van der Waals surface area contributed by atoms with E-state index in [-0.39, 0.29) is 24.4 Å². The fourth-order valence-corrected chi connectivity index (χ4v) is 2.74. The van der Waals surface area contributed by atoms with E-state index in [4.69, 9.17) is 15.2 Å².